The number of carbonyl (C=O) groups excluding carboxylic acids is 2. The molecule has 2 rings (SSSR count). The molecular weight excluding hydrogens is 266 g/mol. The molecule has 1 aliphatic rings. The van der Waals surface area contributed by atoms with Gasteiger partial charge in [-0.1, -0.05) is 12.5 Å². The fraction of sp³-hybridized carbons (Fsp3) is 0.438. The van der Waals surface area contributed by atoms with E-state index >= 15 is 0 Å². The summed E-state index contributed by atoms with van der Waals surface area (Å²) in [7, 11) is 0. The van der Waals surface area contributed by atoms with E-state index in [2.05, 4.69) is 11.4 Å². The Hall–Kier alpha value is -2.35. The molecule has 0 heterocycles. The Labute approximate surface area is 124 Å². The quantitative estimate of drug-likeness (QED) is 0.897. The smallest absolute Gasteiger partial charge is 0.223 e. The molecule has 21 heavy (non-hydrogen) atoms. The van der Waals surface area contributed by atoms with Crippen LogP contribution in [0.4, 0.5) is 5.69 Å². The normalized spacial score (nSPS) is 13.9. The van der Waals surface area contributed by atoms with Crippen LogP contribution in [0.15, 0.2) is 24.3 Å². The van der Waals surface area contributed by atoms with Crippen LogP contribution in [0.3, 0.4) is 0 Å². The number of carbonyl (C=O) groups is 2. The highest BCUT2D eigenvalue weighted by molar-refractivity contribution is 5.91. The van der Waals surface area contributed by atoms with Crippen molar-refractivity contribution in [3.05, 3.63) is 29.8 Å². The van der Waals surface area contributed by atoms with Crippen molar-refractivity contribution >= 4 is 17.5 Å². The maximum atomic E-state index is 11.8. The molecule has 1 fully saturated rings. The van der Waals surface area contributed by atoms with Gasteiger partial charge in [-0.15, -0.1) is 0 Å². The number of hydrogen-bond acceptors (Lipinski definition) is 3. The highest BCUT2D eigenvalue weighted by Gasteiger charge is 2.24. The highest BCUT2D eigenvalue weighted by Crippen LogP contribution is 2.26. The molecule has 1 aliphatic carbocycles. The van der Waals surface area contributed by atoms with Crippen molar-refractivity contribution in [3.63, 3.8) is 0 Å². The zero-order chi connectivity index (χ0) is 15.2. The summed E-state index contributed by atoms with van der Waals surface area (Å²) >= 11 is 0. The van der Waals surface area contributed by atoms with Gasteiger partial charge >= 0.3 is 0 Å². The first kappa shape index (κ1) is 15.0. The van der Waals surface area contributed by atoms with Crippen LogP contribution in [0.2, 0.25) is 0 Å². The first-order valence-corrected chi connectivity index (χ1v) is 7.18. The average molecular weight is 285 g/mol. The molecule has 0 saturated heterocycles. The third-order valence-corrected chi connectivity index (χ3v) is 3.78. The van der Waals surface area contributed by atoms with Gasteiger partial charge in [0.15, 0.2) is 0 Å². The summed E-state index contributed by atoms with van der Waals surface area (Å²) in [5.74, 6) is 0.121. The lowest BCUT2D eigenvalue weighted by atomic mass is 9.85. The van der Waals surface area contributed by atoms with Gasteiger partial charge in [0.05, 0.1) is 11.6 Å². The molecule has 1 aromatic carbocycles. The predicted octanol–water partition coefficient (Wildman–Crippen LogP) is 1.83. The Bertz CT molecular complexity index is 573. The fourth-order valence-corrected chi connectivity index (χ4v) is 2.32. The van der Waals surface area contributed by atoms with Crippen LogP contribution < -0.4 is 10.2 Å². The van der Waals surface area contributed by atoms with Gasteiger partial charge in [-0.2, -0.15) is 5.26 Å². The fourth-order valence-electron chi connectivity index (χ4n) is 2.32. The van der Waals surface area contributed by atoms with Crippen LogP contribution in [0, 0.1) is 17.2 Å². The molecule has 0 radical (unpaired) electrons. The number of amides is 2. The van der Waals surface area contributed by atoms with Crippen LogP contribution in [-0.2, 0) is 9.59 Å². The van der Waals surface area contributed by atoms with Gasteiger partial charge < -0.3 is 10.2 Å². The van der Waals surface area contributed by atoms with E-state index in [9.17, 15) is 9.59 Å². The summed E-state index contributed by atoms with van der Waals surface area (Å²) in [5.41, 5.74) is 1.19. The summed E-state index contributed by atoms with van der Waals surface area (Å²) in [5, 5.41) is 11.8. The lowest BCUT2D eigenvalue weighted by Gasteiger charge is -2.25. The topological polar surface area (TPSA) is 73.2 Å². The molecule has 5 nitrogen and oxygen atoms in total. The standard InChI is InChI=1S/C16H19N3O2/c1-12(20)19(15-7-2-4-13(10-15)11-17)9-8-18-16(21)14-5-3-6-14/h2,4,7,10,14H,3,5-6,8-9H2,1H3,(H,18,21). The monoisotopic (exact) mass is 285 g/mol. The Balaban J connectivity index is 1.94. The molecule has 0 unspecified atom stereocenters. The van der Waals surface area contributed by atoms with Gasteiger partial charge in [0.2, 0.25) is 11.8 Å². The number of nitrogens with zero attached hydrogens (tertiary/aromatic N) is 2. The van der Waals surface area contributed by atoms with Gasteiger partial charge in [0, 0.05) is 31.6 Å². The summed E-state index contributed by atoms with van der Waals surface area (Å²) in [6.07, 6.45) is 3.05. The zero-order valence-electron chi connectivity index (χ0n) is 12.1. The molecule has 0 spiro atoms. The van der Waals surface area contributed by atoms with Gasteiger partial charge in [-0.3, -0.25) is 9.59 Å². The van der Waals surface area contributed by atoms with Crippen molar-refractivity contribution in [2.45, 2.75) is 26.2 Å². The molecular formula is C16H19N3O2. The van der Waals surface area contributed by atoms with Crippen LogP contribution >= 0.6 is 0 Å². The molecule has 1 saturated carbocycles. The second-order valence-electron chi connectivity index (χ2n) is 5.25. The van der Waals surface area contributed by atoms with Gasteiger partial charge in [0.25, 0.3) is 0 Å². The zero-order valence-corrected chi connectivity index (χ0v) is 12.1. The first-order chi connectivity index (χ1) is 10.1. The third-order valence-electron chi connectivity index (χ3n) is 3.78. The van der Waals surface area contributed by atoms with Crippen LogP contribution in [0.5, 0.6) is 0 Å². The van der Waals surface area contributed by atoms with Gasteiger partial charge in [-0.05, 0) is 31.0 Å². The highest BCUT2D eigenvalue weighted by atomic mass is 16.2. The van der Waals surface area contributed by atoms with E-state index in [1.807, 2.05) is 0 Å². The molecule has 0 bridgehead atoms. The van der Waals surface area contributed by atoms with Crippen LogP contribution in [-0.4, -0.2) is 24.9 Å². The lowest BCUT2D eigenvalue weighted by molar-refractivity contribution is -0.127. The molecule has 0 atom stereocenters. The Kier molecular flexibility index (Phi) is 4.94. The summed E-state index contributed by atoms with van der Waals surface area (Å²) in [4.78, 5) is 25.1. The Morgan fingerprint density at radius 1 is 1.43 bits per heavy atom. The second-order valence-corrected chi connectivity index (χ2v) is 5.25. The van der Waals surface area contributed by atoms with E-state index in [0.717, 1.165) is 19.3 Å². The van der Waals surface area contributed by atoms with E-state index in [-0.39, 0.29) is 17.7 Å². The van der Waals surface area contributed by atoms with E-state index in [1.54, 1.807) is 29.2 Å². The summed E-state index contributed by atoms with van der Waals surface area (Å²) in [6, 6.07) is 8.96. The van der Waals surface area contributed by atoms with Crippen molar-refractivity contribution in [3.8, 4) is 6.07 Å². The SMILES string of the molecule is CC(=O)N(CCNC(=O)C1CCC1)c1cccc(C#N)c1. The molecule has 0 aliphatic heterocycles. The predicted molar refractivity (Wildman–Crippen MR) is 79.5 cm³/mol. The van der Waals surface area contributed by atoms with Crippen molar-refractivity contribution in [1.82, 2.24) is 5.32 Å². The molecule has 5 heteroatoms. The molecule has 1 N–H and O–H groups in total. The maximum absolute atomic E-state index is 11.8. The Morgan fingerprint density at radius 3 is 2.76 bits per heavy atom. The van der Waals surface area contributed by atoms with Gasteiger partial charge in [-0.25, -0.2) is 0 Å². The molecule has 0 aromatic heterocycles. The maximum Gasteiger partial charge on any atom is 0.223 e. The van der Waals surface area contributed by atoms with E-state index < -0.39 is 0 Å². The minimum absolute atomic E-state index is 0.0792. The number of anilines is 1. The summed E-state index contributed by atoms with van der Waals surface area (Å²) in [6.45, 7) is 2.31. The van der Waals surface area contributed by atoms with Crippen LogP contribution in [0.1, 0.15) is 31.7 Å². The molecule has 2 amide bonds. The number of hydrogen-bond donors (Lipinski definition) is 1. The number of rotatable bonds is 5. The minimum atomic E-state index is -0.108. The number of nitrogens with one attached hydrogen (secondary N) is 1. The first-order valence-electron chi connectivity index (χ1n) is 7.18. The van der Waals surface area contributed by atoms with Gasteiger partial charge in [0.1, 0.15) is 0 Å². The largest absolute Gasteiger partial charge is 0.354 e. The number of nitriles is 1. The molecule has 110 valence electrons. The lowest BCUT2D eigenvalue weighted by Crippen LogP contribution is -2.41. The number of benzene rings is 1. The van der Waals surface area contributed by atoms with E-state index in [1.165, 1.54) is 6.92 Å². The average Bonchev–Trinajstić information content (AvgIpc) is 2.41. The second kappa shape index (κ2) is 6.89. The summed E-state index contributed by atoms with van der Waals surface area (Å²) < 4.78 is 0. The third kappa shape index (κ3) is 3.82. The van der Waals surface area contributed by atoms with E-state index in [0.29, 0.717) is 24.3 Å². The van der Waals surface area contributed by atoms with Crippen molar-refractivity contribution in [2.75, 3.05) is 18.0 Å². The Morgan fingerprint density at radius 2 is 2.19 bits per heavy atom. The van der Waals surface area contributed by atoms with Crippen LogP contribution in [0.25, 0.3) is 0 Å². The minimum Gasteiger partial charge on any atom is -0.354 e. The molecule has 1 aromatic rings. The van der Waals surface area contributed by atoms with Crippen molar-refractivity contribution in [1.29, 1.82) is 5.26 Å². The van der Waals surface area contributed by atoms with E-state index in [4.69, 9.17) is 5.26 Å². The van der Waals surface area contributed by atoms with Crippen molar-refractivity contribution < 1.29 is 9.59 Å². The van der Waals surface area contributed by atoms with Crippen molar-refractivity contribution in [2.24, 2.45) is 5.92 Å².